The number of para-hydroxylation sites is 2. The molecule has 0 fully saturated rings. The van der Waals surface area contributed by atoms with Crippen molar-refractivity contribution in [3.63, 3.8) is 0 Å². The highest BCUT2D eigenvalue weighted by atomic mass is 16.7. The van der Waals surface area contributed by atoms with E-state index in [1.807, 2.05) is 19.1 Å². The zero-order valence-corrected chi connectivity index (χ0v) is 11.0. The molecule has 0 aliphatic carbocycles. The van der Waals surface area contributed by atoms with Crippen LogP contribution in [0.4, 0.5) is 5.69 Å². The maximum atomic E-state index is 11.6. The SMILES string of the molecule is C=C(C)C(=O)Nc1ccccc1OC(C)OCC. The van der Waals surface area contributed by atoms with Crippen molar-refractivity contribution in [3.05, 3.63) is 36.4 Å². The van der Waals surface area contributed by atoms with E-state index in [1.54, 1.807) is 26.0 Å². The molecule has 1 unspecified atom stereocenters. The Bertz CT molecular complexity index is 429. The lowest BCUT2D eigenvalue weighted by Gasteiger charge is -2.17. The fourth-order valence-electron chi connectivity index (χ4n) is 1.35. The molecular formula is C14H19NO3. The summed E-state index contributed by atoms with van der Waals surface area (Å²) in [6, 6.07) is 7.22. The van der Waals surface area contributed by atoms with E-state index in [9.17, 15) is 4.79 Å². The van der Waals surface area contributed by atoms with Crippen LogP contribution >= 0.6 is 0 Å². The Morgan fingerprint density at radius 1 is 1.44 bits per heavy atom. The number of hydrogen-bond donors (Lipinski definition) is 1. The topological polar surface area (TPSA) is 47.6 Å². The van der Waals surface area contributed by atoms with Gasteiger partial charge in [0.05, 0.1) is 5.69 Å². The van der Waals surface area contributed by atoms with E-state index in [2.05, 4.69) is 11.9 Å². The molecule has 0 aromatic heterocycles. The summed E-state index contributed by atoms with van der Waals surface area (Å²) < 4.78 is 10.9. The molecule has 1 atom stereocenters. The van der Waals surface area contributed by atoms with Gasteiger partial charge in [0, 0.05) is 12.2 Å². The minimum Gasteiger partial charge on any atom is -0.463 e. The van der Waals surface area contributed by atoms with Gasteiger partial charge >= 0.3 is 0 Å². The van der Waals surface area contributed by atoms with Crippen molar-refractivity contribution < 1.29 is 14.3 Å². The van der Waals surface area contributed by atoms with E-state index in [0.29, 0.717) is 23.6 Å². The molecule has 1 aromatic carbocycles. The molecule has 4 heteroatoms. The Kier molecular flexibility index (Phi) is 5.39. The van der Waals surface area contributed by atoms with Gasteiger partial charge in [-0.05, 0) is 32.9 Å². The second-order valence-electron chi connectivity index (χ2n) is 3.87. The Morgan fingerprint density at radius 3 is 2.72 bits per heavy atom. The van der Waals surface area contributed by atoms with Gasteiger partial charge in [-0.3, -0.25) is 4.79 Å². The van der Waals surface area contributed by atoms with E-state index >= 15 is 0 Å². The predicted octanol–water partition coefficient (Wildman–Crippen LogP) is 2.96. The molecule has 18 heavy (non-hydrogen) atoms. The first-order valence-electron chi connectivity index (χ1n) is 5.88. The van der Waals surface area contributed by atoms with Crippen molar-refractivity contribution >= 4 is 11.6 Å². The molecule has 1 rings (SSSR count). The number of nitrogens with one attached hydrogen (secondary N) is 1. The summed E-state index contributed by atoms with van der Waals surface area (Å²) in [5, 5.41) is 2.74. The normalized spacial score (nSPS) is 11.7. The third-order valence-electron chi connectivity index (χ3n) is 2.22. The lowest BCUT2D eigenvalue weighted by molar-refractivity contribution is -0.112. The zero-order chi connectivity index (χ0) is 13.5. The van der Waals surface area contributed by atoms with Crippen LogP contribution in [-0.2, 0) is 9.53 Å². The van der Waals surface area contributed by atoms with Gasteiger partial charge in [0.2, 0.25) is 0 Å². The summed E-state index contributed by atoms with van der Waals surface area (Å²) >= 11 is 0. The molecule has 1 N–H and O–H groups in total. The largest absolute Gasteiger partial charge is 0.463 e. The Morgan fingerprint density at radius 2 is 2.11 bits per heavy atom. The lowest BCUT2D eigenvalue weighted by atomic mass is 10.2. The number of benzene rings is 1. The summed E-state index contributed by atoms with van der Waals surface area (Å²) in [7, 11) is 0. The third kappa shape index (κ3) is 4.22. The molecular weight excluding hydrogens is 230 g/mol. The second-order valence-corrected chi connectivity index (χ2v) is 3.87. The van der Waals surface area contributed by atoms with Crippen LogP contribution in [0.1, 0.15) is 20.8 Å². The van der Waals surface area contributed by atoms with Crippen LogP contribution < -0.4 is 10.1 Å². The Labute approximate surface area is 108 Å². The molecule has 1 aromatic rings. The summed E-state index contributed by atoms with van der Waals surface area (Å²) in [5.74, 6) is 0.350. The average Bonchev–Trinajstić information content (AvgIpc) is 2.31. The fraction of sp³-hybridized carbons (Fsp3) is 0.357. The quantitative estimate of drug-likeness (QED) is 0.623. The molecule has 0 aliphatic heterocycles. The van der Waals surface area contributed by atoms with Crippen molar-refractivity contribution in [2.45, 2.75) is 27.1 Å². The first-order chi connectivity index (χ1) is 8.54. The Hall–Kier alpha value is -1.81. The summed E-state index contributed by atoms with van der Waals surface area (Å²) in [4.78, 5) is 11.6. The van der Waals surface area contributed by atoms with Gasteiger partial charge in [0.15, 0.2) is 6.29 Å². The minimum atomic E-state index is -0.363. The highest BCUT2D eigenvalue weighted by molar-refractivity contribution is 6.03. The summed E-state index contributed by atoms with van der Waals surface area (Å²) in [6.07, 6.45) is -0.363. The molecule has 0 spiro atoms. The van der Waals surface area contributed by atoms with Gasteiger partial charge in [-0.25, -0.2) is 0 Å². The predicted molar refractivity (Wildman–Crippen MR) is 71.6 cm³/mol. The lowest BCUT2D eigenvalue weighted by Crippen LogP contribution is -2.18. The number of carbonyl (C=O) groups is 1. The number of amides is 1. The minimum absolute atomic E-state index is 0.227. The van der Waals surface area contributed by atoms with E-state index in [0.717, 1.165) is 0 Å². The standard InChI is InChI=1S/C14H19NO3/c1-5-17-11(4)18-13-9-7-6-8-12(13)15-14(16)10(2)3/h6-9,11H,2,5H2,1,3-4H3,(H,15,16). The van der Waals surface area contributed by atoms with E-state index in [1.165, 1.54) is 0 Å². The number of carbonyl (C=O) groups excluding carboxylic acids is 1. The van der Waals surface area contributed by atoms with Crippen molar-refractivity contribution in [3.8, 4) is 5.75 Å². The molecule has 0 aliphatic rings. The van der Waals surface area contributed by atoms with Gasteiger partial charge < -0.3 is 14.8 Å². The monoisotopic (exact) mass is 249 g/mol. The van der Waals surface area contributed by atoms with Crippen LogP contribution in [0.2, 0.25) is 0 Å². The van der Waals surface area contributed by atoms with Gasteiger partial charge in [0.25, 0.3) is 5.91 Å². The number of ether oxygens (including phenoxy) is 2. The molecule has 0 saturated heterocycles. The van der Waals surface area contributed by atoms with Crippen molar-refractivity contribution in [1.82, 2.24) is 0 Å². The van der Waals surface area contributed by atoms with Crippen molar-refractivity contribution in [2.75, 3.05) is 11.9 Å². The Balaban J connectivity index is 2.79. The van der Waals surface area contributed by atoms with Crippen LogP contribution in [-0.4, -0.2) is 18.8 Å². The highest BCUT2D eigenvalue weighted by Gasteiger charge is 2.10. The van der Waals surface area contributed by atoms with E-state index < -0.39 is 0 Å². The van der Waals surface area contributed by atoms with Crippen molar-refractivity contribution in [2.24, 2.45) is 0 Å². The molecule has 0 saturated carbocycles. The second kappa shape index (κ2) is 6.81. The molecule has 4 nitrogen and oxygen atoms in total. The number of hydrogen-bond acceptors (Lipinski definition) is 3. The number of rotatable bonds is 6. The molecule has 1 amide bonds. The van der Waals surface area contributed by atoms with Crippen LogP contribution in [0.25, 0.3) is 0 Å². The van der Waals surface area contributed by atoms with Crippen LogP contribution in [0.15, 0.2) is 36.4 Å². The molecule has 0 heterocycles. The van der Waals surface area contributed by atoms with Crippen LogP contribution in [0.3, 0.4) is 0 Å². The van der Waals surface area contributed by atoms with Gasteiger partial charge in [0.1, 0.15) is 5.75 Å². The highest BCUT2D eigenvalue weighted by Crippen LogP contribution is 2.25. The van der Waals surface area contributed by atoms with Gasteiger partial charge in [-0.1, -0.05) is 18.7 Å². The number of anilines is 1. The van der Waals surface area contributed by atoms with Gasteiger partial charge in [-0.15, -0.1) is 0 Å². The average molecular weight is 249 g/mol. The van der Waals surface area contributed by atoms with E-state index in [4.69, 9.17) is 9.47 Å². The summed E-state index contributed by atoms with van der Waals surface area (Å²) in [6.45, 7) is 9.52. The van der Waals surface area contributed by atoms with Crippen molar-refractivity contribution in [1.29, 1.82) is 0 Å². The van der Waals surface area contributed by atoms with Crippen LogP contribution in [0, 0.1) is 0 Å². The van der Waals surface area contributed by atoms with E-state index in [-0.39, 0.29) is 12.2 Å². The zero-order valence-electron chi connectivity index (χ0n) is 11.0. The first-order valence-corrected chi connectivity index (χ1v) is 5.88. The molecule has 98 valence electrons. The fourth-order valence-corrected chi connectivity index (χ4v) is 1.35. The third-order valence-corrected chi connectivity index (χ3v) is 2.22. The smallest absolute Gasteiger partial charge is 0.250 e. The van der Waals surface area contributed by atoms with Crippen LogP contribution in [0.5, 0.6) is 5.75 Å². The molecule has 0 radical (unpaired) electrons. The summed E-state index contributed by atoms with van der Waals surface area (Å²) in [5.41, 5.74) is 1.06. The first kappa shape index (κ1) is 14.3. The molecule has 0 bridgehead atoms. The van der Waals surface area contributed by atoms with Gasteiger partial charge in [-0.2, -0.15) is 0 Å². The maximum absolute atomic E-state index is 11.6. The maximum Gasteiger partial charge on any atom is 0.250 e.